The van der Waals surface area contributed by atoms with Crippen molar-refractivity contribution in [2.24, 2.45) is 5.73 Å². The molecule has 0 saturated heterocycles. The second-order valence-corrected chi connectivity index (χ2v) is 3.63. The van der Waals surface area contributed by atoms with Crippen LogP contribution < -0.4 is 10.5 Å². The summed E-state index contributed by atoms with van der Waals surface area (Å²) in [5, 5.41) is 18.2. The molecule has 0 spiro atoms. The van der Waals surface area contributed by atoms with Gasteiger partial charge in [-0.2, -0.15) is 0 Å². The summed E-state index contributed by atoms with van der Waals surface area (Å²) in [5.41, 5.74) is 6.86. The van der Waals surface area contributed by atoms with Crippen LogP contribution in [0.3, 0.4) is 0 Å². The molecule has 1 aromatic rings. The molecule has 1 atom stereocenters. The maximum Gasteiger partial charge on any atom is 0.161 e. The highest BCUT2D eigenvalue weighted by atomic mass is 16.5. The molecule has 90 valence electrons. The van der Waals surface area contributed by atoms with Crippen molar-refractivity contribution >= 4 is 0 Å². The molecule has 1 aromatic carbocycles. The van der Waals surface area contributed by atoms with Gasteiger partial charge < -0.3 is 20.7 Å². The highest BCUT2D eigenvalue weighted by molar-refractivity contribution is 5.42. The van der Waals surface area contributed by atoms with Crippen LogP contribution in [0, 0.1) is 0 Å². The summed E-state index contributed by atoms with van der Waals surface area (Å²) in [6.45, 7) is 2.50. The Labute approximate surface area is 95.7 Å². The molecular weight excluding hydrogens is 206 g/mol. The molecule has 0 radical (unpaired) electrons. The van der Waals surface area contributed by atoms with Crippen molar-refractivity contribution in [3.8, 4) is 11.5 Å². The predicted molar refractivity (Wildman–Crippen MR) is 62.5 cm³/mol. The lowest BCUT2D eigenvalue weighted by Crippen LogP contribution is -2.11. The molecular formula is C12H19NO3. The highest BCUT2D eigenvalue weighted by Crippen LogP contribution is 2.29. The van der Waals surface area contributed by atoms with Gasteiger partial charge in [0.25, 0.3) is 0 Å². The molecule has 0 heterocycles. The van der Waals surface area contributed by atoms with Gasteiger partial charge in [-0.1, -0.05) is 6.07 Å². The summed E-state index contributed by atoms with van der Waals surface area (Å²) in [5.74, 6) is 0.583. The summed E-state index contributed by atoms with van der Waals surface area (Å²) in [6.07, 6.45) is 1.39. The lowest BCUT2D eigenvalue weighted by atomic mass is 10.0. The van der Waals surface area contributed by atoms with Gasteiger partial charge in [-0.3, -0.25) is 0 Å². The Morgan fingerprint density at radius 2 is 2.19 bits per heavy atom. The van der Waals surface area contributed by atoms with Gasteiger partial charge in [-0.05, 0) is 37.5 Å². The summed E-state index contributed by atoms with van der Waals surface area (Å²) < 4.78 is 5.28. The van der Waals surface area contributed by atoms with E-state index in [1.54, 1.807) is 18.2 Å². The summed E-state index contributed by atoms with van der Waals surface area (Å²) in [4.78, 5) is 0. The molecule has 0 aromatic heterocycles. The van der Waals surface area contributed by atoms with E-state index >= 15 is 0 Å². The fourth-order valence-electron chi connectivity index (χ4n) is 1.51. The monoisotopic (exact) mass is 225 g/mol. The Bertz CT molecular complexity index is 328. The van der Waals surface area contributed by atoms with Crippen molar-refractivity contribution in [1.29, 1.82) is 0 Å². The third-order valence-electron chi connectivity index (χ3n) is 2.39. The molecule has 0 fully saturated rings. The number of phenolic OH excluding ortho intramolecular Hbond substituents is 1. The molecule has 0 saturated carbocycles. The topological polar surface area (TPSA) is 75.7 Å². The molecule has 0 amide bonds. The lowest BCUT2D eigenvalue weighted by molar-refractivity contribution is 0.279. The summed E-state index contributed by atoms with van der Waals surface area (Å²) in [7, 11) is 0. The van der Waals surface area contributed by atoms with E-state index in [1.807, 2.05) is 6.92 Å². The number of benzene rings is 1. The van der Waals surface area contributed by atoms with Crippen LogP contribution in [-0.2, 0) is 0 Å². The number of ether oxygens (including phenoxy) is 1. The zero-order chi connectivity index (χ0) is 12.0. The molecule has 0 bridgehead atoms. The number of rotatable bonds is 6. The third kappa shape index (κ3) is 3.40. The van der Waals surface area contributed by atoms with Crippen molar-refractivity contribution in [1.82, 2.24) is 0 Å². The summed E-state index contributed by atoms with van der Waals surface area (Å²) in [6, 6.07) is 4.98. The average Bonchev–Trinajstić information content (AvgIpc) is 2.29. The van der Waals surface area contributed by atoms with Crippen LogP contribution >= 0.6 is 0 Å². The first-order valence-corrected chi connectivity index (χ1v) is 5.51. The Morgan fingerprint density at radius 1 is 1.44 bits per heavy atom. The van der Waals surface area contributed by atoms with Gasteiger partial charge in [-0.25, -0.2) is 0 Å². The summed E-state index contributed by atoms with van der Waals surface area (Å²) >= 11 is 0. The normalized spacial score (nSPS) is 12.4. The van der Waals surface area contributed by atoms with Gasteiger partial charge in [0.15, 0.2) is 11.5 Å². The van der Waals surface area contributed by atoms with E-state index in [2.05, 4.69) is 0 Å². The average molecular weight is 225 g/mol. The Morgan fingerprint density at radius 3 is 2.81 bits per heavy atom. The first-order valence-electron chi connectivity index (χ1n) is 5.51. The van der Waals surface area contributed by atoms with Gasteiger partial charge >= 0.3 is 0 Å². The second-order valence-electron chi connectivity index (χ2n) is 3.63. The van der Waals surface area contributed by atoms with Crippen molar-refractivity contribution < 1.29 is 14.9 Å². The SMILES string of the molecule is CCOc1cc([C@H](N)CCCO)ccc1O. The number of hydrogen-bond acceptors (Lipinski definition) is 4. The van der Waals surface area contributed by atoms with E-state index in [0.717, 1.165) is 5.56 Å². The van der Waals surface area contributed by atoms with Crippen molar-refractivity contribution in [2.75, 3.05) is 13.2 Å². The number of nitrogens with two attached hydrogens (primary N) is 1. The Kier molecular flexibility index (Phi) is 5.08. The number of hydrogen-bond donors (Lipinski definition) is 3. The van der Waals surface area contributed by atoms with E-state index in [4.69, 9.17) is 15.6 Å². The van der Waals surface area contributed by atoms with E-state index in [0.29, 0.717) is 25.2 Å². The van der Waals surface area contributed by atoms with Crippen molar-refractivity contribution in [2.45, 2.75) is 25.8 Å². The molecule has 0 aliphatic carbocycles. The molecule has 4 nitrogen and oxygen atoms in total. The minimum atomic E-state index is -0.132. The van der Waals surface area contributed by atoms with Gasteiger partial charge in [-0.15, -0.1) is 0 Å². The third-order valence-corrected chi connectivity index (χ3v) is 2.39. The minimum absolute atomic E-state index is 0.125. The second kappa shape index (κ2) is 6.35. The van der Waals surface area contributed by atoms with Crippen LogP contribution in [0.5, 0.6) is 11.5 Å². The Hall–Kier alpha value is -1.26. The highest BCUT2D eigenvalue weighted by Gasteiger charge is 2.09. The molecule has 4 heteroatoms. The number of aliphatic hydroxyl groups excluding tert-OH is 1. The smallest absolute Gasteiger partial charge is 0.161 e. The van der Waals surface area contributed by atoms with Crippen molar-refractivity contribution in [3.05, 3.63) is 23.8 Å². The largest absolute Gasteiger partial charge is 0.504 e. The molecule has 4 N–H and O–H groups in total. The fourth-order valence-corrected chi connectivity index (χ4v) is 1.51. The van der Waals surface area contributed by atoms with Crippen LogP contribution in [0.25, 0.3) is 0 Å². The maximum absolute atomic E-state index is 9.52. The van der Waals surface area contributed by atoms with Crippen LogP contribution in [0.2, 0.25) is 0 Å². The number of aromatic hydroxyl groups is 1. The number of aliphatic hydroxyl groups is 1. The van der Waals surface area contributed by atoms with Crippen molar-refractivity contribution in [3.63, 3.8) is 0 Å². The fraction of sp³-hybridized carbons (Fsp3) is 0.500. The molecule has 0 aliphatic rings. The quantitative estimate of drug-likeness (QED) is 0.686. The molecule has 16 heavy (non-hydrogen) atoms. The van der Waals surface area contributed by atoms with Crippen LogP contribution in [0.4, 0.5) is 0 Å². The van der Waals surface area contributed by atoms with Crippen LogP contribution in [0.15, 0.2) is 18.2 Å². The van der Waals surface area contributed by atoms with Gasteiger partial charge in [0.2, 0.25) is 0 Å². The van der Waals surface area contributed by atoms with Crippen LogP contribution in [0.1, 0.15) is 31.4 Å². The maximum atomic E-state index is 9.52. The van der Waals surface area contributed by atoms with Gasteiger partial charge in [0, 0.05) is 12.6 Å². The Balaban J connectivity index is 2.76. The van der Waals surface area contributed by atoms with E-state index in [9.17, 15) is 5.11 Å². The first kappa shape index (κ1) is 12.8. The molecule has 0 unspecified atom stereocenters. The van der Waals surface area contributed by atoms with E-state index in [-0.39, 0.29) is 18.4 Å². The van der Waals surface area contributed by atoms with E-state index in [1.165, 1.54) is 0 Å². The molecule has 1 rings (SSSR count). The van der Waals surface area contributed by atoms with Gasteiger partial charge in [0.1, 0.15) is 0 Å². The van der Waals surface area contributed by atoms with Crippen LogP contribution in [-0.4, -0.2) is 23.4 Å². The lowest BCUT2D eigenvalue weighted by Gasteiger charge is -2.13. The first-order chi connectivity index (χ1) is 7.69. The molecule has 0 aliphatic heterocycles. The standard InChI is InChI=1S/C12H19NO3/c1-2-16-12-8-9(5-6-11(12)15)10(13)4-3-7-14/h5-6,8,10,14-15H,2-4,7,13H2,1H3/t10-/m1/s1. The minimum Gasteiger partial charge on any atom is -0.504 e. The zero-order valence-corrected chi connectivity index (χ0v) is 9.52. The van der Waals surface area contributed by atoms with E-state index < -0.39 is 0 Å². The number of phenols is 1. The predicted octanol–water partition coefficient (Wildman–Crippen LogP) is 1.56. The zero-order valence-electron chi connectivity index (χ0n) is 9.52. The van der Waals surface area contributed by atoms with Gasteiger partial charge in [0.05, 0.1) is 6.61 Å².